The number of methoxy groups -OCH3 is 1. The van der Waals surface area contributed by atoms with E-state index in [0.29, 0.717) is 12.3 Å². The Bertz CT molecular complexity index is 579. The van der Waals surface area contributed by atoms with Gasteiger partial charge in [0.05, 0.1) is 26.4 Å². The van der Waals surface area contributed by atoms with Gasteiger partial charge in [0.2, 0.25) is 5.91 Å². The molecule has 0 spiro atoms. The highest BCUT2D eigenvalue weighted by molar-refractivity contribution is 5.77. The number of rotatable bonds is 7. The topological polar surface area (TPSA) is 50.8 Å². The first-order valence-electron chi connectivity index (χ1n) is 9.14. The van der Waals surface area contributed by atoms with Gasteiger partial charge in [0.15, 0.2) is 0 Å². The van der Waals surface area contributed by atoms with Gasteiger partial charge in [-0.3, -0.25) is 9.69 Å². The lowest BCUT2D eigenvalue weighted by Crippen LogP contribution is -2.43. The molecule has 1 N–H and O–H groups in total. The van der Waals surface area contributed by atoms with E-state index >= 15 is 0 Å². The number of allylic oxidation sites excluding steroid dienone is 2. The molecule has 25 heavy (non-hydrogen) atoms. The summed E-state index contributed by atoms with van der Waals surface area (Å²) in [7, 11) is 1.66. The van der Waals surface area contributed by atoms with Gasteiger partial charge < -0.3 is 14.8 Å². The molecule has 5 heteroatoms. The third kappa shape index (κ3) is 5.31. The number of nitrogens with one attached hydrogen (secondary N) is 1. The summed E-state index contributed by atoms with van der Waals surface area (Å²) in [5.41, 5.74) is 1.11. The Morgan fingerprint density at radius 1 is 1.32 bits per heavy atom. The Balaban J connectivity index is 1.65. The fraction of sp³-hybridized carbons (Fsp3) is 0.550. The maximum Gasteiger partial charge on any atom is 0.221 e. The second kappa shape index (κ2) is 9.02. The third-order valence-corrected chi connectivity index (χ3v) is 4.96. The first-order chi connectivity index (χ1) is 12.2. The largest absolute Gasteiger partial charge is 0.497 e. The lowest BCUT2D eigenvalue weighted by atomic mass is 10.0. The van der Waals surface area contributed by atoms with Crippen LogP contribution in [0.4, 0.5) is 0 Å². The lowest BCUT2D eigenvalue weighted by Gasteiger charge is -2.31. The SMILES string of the molecule is COc1ccc([C@H](CN2CCOCC2)NC(=O)C[C@@H]2C=CCC2)cc1. The summed E-state index contributed by atoms with van der Waals surface area (Å²) in [4.78, 5) is 14.9. The van der Waals surface area contributed by atoms with Crippen molar-refractivity contribution in [2.45, 2.75) is 25.3 Å². The lowest BCUT2D eigenvalue weighted by molar-refractivity contribution is -0.122. The van der Waals surface area contributed by atoms with Crippen molar-refractivity contribution in [3.63, 3.8) is 0 Å². The molecule has 5 nitrogen and oxygen atoms in total. The van der Waals surface area contributed by atoms with Crippen LogP contribution in [0.1, 0.15) is 30.9 Å². The number of carbonyl (C=O) groups is 1. The smallest absolute Gasteiger partial charge is 0.221 e. The molecule has 1 aromatic rings. The number of morpholine rings is 1. The van der Waals surface area contributed by atoms with Crippen LogP contribution < -0.4 is 10.1 Å². The average Bonchev–Trinajstić information content (AvgIpc) is 3.15. The maximum absolute atomic E-state index is 12.5. The molecule has 0 radical (unpaired) electrons. The predicted octanol–water partition coefficient (Wildman–Crippen LogP) is 2.54. The van der Waals surface area contributed by atoms with Crippen LogP contribution >= 0.6 is 0 Å². The Hall–Kier alpha value is -1.85. The molecule has 2 atom stereocenters. The van der Waals surface area contributed by atoms with Gasteiger partial charge in [-0.05, 0) is 36.5 Å². The number of carbonyl (C=O) groups excluding carboxylic acids is 1. The molecule has 136 valence electrons. The van der Waals surface area contributed by atoms with Gasteiger partial charge in [-0.1, -0.05) is 24.3 Å². The van der Waals surface area contributed by atoms with Gasteiger partial charge in [-0.25, -0.2) is 0 Å². The number of benzene rings is 1. The summed E-state index contributed by atoms with van der Waals surface area (Å²) in [6.07, 6.45) is 7.10. The molecule has 3 rings (SSSR count). The summed E-state index contributed by atoms with van der Waals surface area (Å²) in [5, 5.41) is 3.25. The van der Waals surface area contributed by atoms with E-state index in [-0.39, 0.29) is 11.9 Å². The maximum atomic E-state index is 12.5. The van der Waals surface area contributed by atoms with E-state index in [2.05, 4.69) is 22.4 Å². The summed E-state index contributed by atoms with van der Waals surface area (Å²) < 4.78 is 10.7. The fourth-order valence-electron chi connectivity index (χ4n) is 3.47. The van der Waals surface area contributed by atoms with E-state index in [1.807, 2.05) is 24.3 Å². The van der Waals surface area contributed by atoms with Crippen LogP contribution in [0.25, 0.3) is 0 Å². The van der Waals surface area contributed by atoms with Crippen LogP contribution in [-0.2, 0) is 9.53 Å². The minimum atomic E-state index is -0.0121. The van der Waals surface area contributed by atoms with Crippen LogP contribution in [0.2, 0.25) is 0 Å². The Morgan fingerprint density at radius 3 is 2.72 bits per heavy atom. The van der Waals surface area contributed by atoms with Crippen LogP contribution in [-0.4, -0.2) is 50.8 Å². The number of hydrogen-bond acceptors (Lipinski definition) is 4. The summed E-state index contributed by atoms with van der Waals surface area (Å²) >= 11 is 0. The number of ether oxygens (including phenoxy) is 2. The molecule has 0 saturated carbocycles. The van der Waals surface area contributed by atoms with Gasteiger partial charge in [0.1, 0.15) is 5.75 Å². The second-order valence-corrected chi connectivity index (χ2v) is 6.78. The molecule has 1 aromatic carbocycles. The first-order valence-corrected chi connectivity index (χ1v) is 9.14. The van der Waals surface area contributed by atoms with Crippen molar-refractivity contribution in [3.05, 3.63) is 42.0 Å². The van der Waals surface area contributed by atoms with Crippen molar-refractivity contribution < 1.29 is 14.3 Å². The molecule has 1 aliphatic carbocycles. The minimum Gasteiger partial charge on any atom is -0.497 e. The highest BCUT2D eigenvalue weighted by Gasteiger charge is 2.22. The van der Waals surface area contributed by atoms with Crippen molar-refractivity contribution in [1.29, 1.82) is 0 Å². The van der Waals surface area contributed by atoms with Crippen LogP contribution in [0.15, 0.2) is 36.4 Å². The summed E-state index contributed by atoms with van der Waals surface area (Å²) in [6, 6.07) is 7.97. The normalized spacial score (nSPS) is 21.9. The van der Waals surface area contributed by atoms with Crippen molar-refractivity contribution in [2.75, 3.05) is 40.0 Å². The van der Waals surface area contributed by atoms with Gasteiger partial charge in [0.25, 0.3) is 0 Å². The quantitative estimate of drug-likeness (QED) is 0.773. The van der Waals surface area contributed by atoms with Gasteiger partial charge >= 0.3 is 0 Å². The van der Waals surface area contributed by atoms with Gasteiger partial charge in [0, 0.05) is 26.1 Å². The van der Waals surface area contributed by atoms with Crippen molar-refractivity contribution in [2.24, 2.45) is 5.92 Å². The average molecular weight is 344 g/mol. The van der Waals surface area contributed by atoms with E-state index in [9.17, 15) is 4.79 Å². The highest BCUT2D eigenvalue weighted by Crippen LogP contribution is 2.23. The molecule has 2 aliphatic rings. The first kappa shape index (κ1) is 18.0. The van der Waals surface area contributed by atoms with E-state index in [1.165, 1.54) is 0 Å². The molecule has 1 aliphatic heterocycles. The Morgan fingerprint density at radius 2 is 2.08 bits per heavy atom. The number of amides is 1. The Kier molecular flexibility index (Phi) is 6.48. The zero-order chi connectivity index (χ0) is 17.5. The molecular formula is C20H28N2O3. The van der Waals surface area contributed by atoms with Crippen LogP contribution in [0, 0.1) is 5.92 Å². The molecule has 1 saturated heterocycles. The highest BCUT2D eigenvalue weighted by atomic mass is 16.5. The van der Waals surface area contributed by atoms with Crippen LogP contribution in [0.3, 0.4) is 0 Å². The number of hydrogen-bond donors (Lipinski definition) is 1. The summed E-state index contributed by atoms with van der Waals surface area (Å²) in [6.45, 7) is 4.15. The zero-order valence-corrected chi connectivity index (χ0v) is 14.9. The van der Waals surface area contributed by atoms with Crippen molar-refractivity contribution >= 4 is 5.91 Å². The number of nitrogens with zero attached hydrogens (tertiary/aromatic N) is 1. The van der Waals surface area contributed by atoms with E-state index in [0.717, 1.165) is 57.0 Å². The molecule has 1 heterocycles. The standard InChI is InChI=1S/C20H28N2O3/c1-24-18-8-6-17(7-9-18)19(15-22-10-12-25-13-11-22)21-20(23)14-16-4-2-3-5-16/h2,4,6-9,16,19H,3,5,10-15H2,1H3,(H,21,23)/t16-,19+/m1/s1. The molecule has 1 amide bonds. The molecule has 0 unspecified atom stereocenters. The fourth-order valence-corrected chi connectivity index (χ4v) is 3.47. The van der Waals surface area contributed by atoms with E-state index in [1.54, 1.807) is 7.11 Å². The van der Waals surface area contributed by atoms with Crippen molar-refractivity contribution in [3.8, 4) is 5.75 Å². The van der Waals surface area contributed by atoms with E-state index in [4.69, 9.17) is 9.47 Å². The summed E-state index contributed by atoms with van der Waals surface area (Å²) in [5.74, 6) is 1.35. The Labute approximate surface area is 150 Å². The molecule has 1 fully saturated rings. The predicted molar refractivity (Wildman–Crippen MR) is 97.6 cm³/mol. The molecule has 0 bridgehead atoms. The van der Waals surface area contributed by atoms with Crippen molar-refractivity contribution in [1.82, 2.24) is 10.2 Å². The van der Waals surface area contributed by atoms with Crippen LogP contribution in [0.5, 0.6) is 5.75 Å². The van der Waals surface area contributed by atoms with Gasteiger partial charge in [-0.2, -0.15) is 0 Å². The molecule has 0 aromatic heterocycles. The van der Waals surface area contributed by atoms with Gasteiger partial charge in [-0.15, -0.1) is 0 Å². The second-order valence-electron chi connectivity index (χ2n) is 6.78. The monoisotopic (exact) mass is 344 g/mol. The van der Waals surface area contributed by atoms with E-state index < -0.39 is 0 Å². The minimum absolute atomic E-state index is 0.0121. The molecular weight excluding hydrogens is 316 g/mol. The zero-order valence-electron chi connectivity index (χ0n) is 14.9. The third-order valence-electron chi connectivity index (χ3n) is 4.96.